The van der Waals surface area contributed by atoms with E-state index in [1.807, 2.05) is 18.2 Å². The maximum atomic E-state index is 12.3. The summed E-state index contributed by atoms with van der Waals surface area (Å²) >= 11 is 0. The molecule has 6 nitrogen and oxygen atoms in total. The Morgan fingerprint density at radius 3 is 2.64 bits per heavy atom. The molecule has 0 saturated heterocycles. The molecule has 2 rings (SSSR count). The highest BCUT2D eigenvalue weighted by atomic mass is 16.5. The summed E-state index contributed by atoms with van der Waals surface area (Å²) in [5.41, 5.74) is 12.3. The van der Waals surface area contributed by atoms with E-state index in [2.05, 4.69) is 9.98 Å². The van der Waals surface area contributed by atoms with Crippen molar-refractivity contribution < 1.29 is 9.53 Å². The van der Waals surface area contributed by atoms with Crippen LogP contribution >= 0.6 is 0 Å². The summed E-state index contributed by atoms with van der Waals surface area (Å²) in [6.07, 6.45) is 4.86. The van der Waals surface area contributed by atoms with Crippen LogP contribution in [0.5, 0.6) is 5.75 Å². The van der Waals surface area contributed by atoms with Gasteiger partial charge in [0.05, 0.1) is 12.7 Å². The highest BCUT2D eigenvalue weighted by molar-refractivity contribution is 6.26. The summed E-state index contributed by atoms with van der Waals surface area (Å²) in [7, 11) is 1.56. The van der Waals surface area contributed by atoms with Crippen molar-refractivity contribution in [2.45, 2.75) is 0 Å². The first-order valence-corrected chi connectivity index (χ1v) is 6.51. The van der Waals surface area contributed by atoms with E-state index < -0.39 is 5.91 Å². The van der Waals surface area contributed by atoms with E-state index in [-0.39, 0.29) is 5.96 Å². The lowest BCUT2D eigenvalue weighted by Crippen LogP contribution is -2.24. The van der Waals surface area contributed by atoms with Crippen LogP contribution in [0.15, 0.2) is 53.8 Å². The molecule has 0 saturated carbocycles. The van der Waals surface area contributed by atoms with Crippen LogP contribution in [0.4, 0.5) is 0 Å². The van der Waals surface area contributed by atoms with Gasteiger partial charge in [0, 0.05) is 23.5 Å². The molecule has 0 spiro atoms. The van der Waals surface area contributed by atoms with E-state index in [1.54, 1.807) is 43.8 Å². The molecule has 1 heterocycles. The van der Waals surface area contributed by atoms with Crippen LogP contribution < -0.4 is 16.2 Å². The Hall–Kier alpha value is -3.15. The zero-order valence-corrected chi connectivity index (χ0v) is 12.1. The van der Waals surface area contributed by atoms with Gasteiger partial charge in [-0.25, -0.2) is 0 Å². The molecule has 0 aliphatic carbocycles. The molecular weight excluding hydrogens is 280 g/mol. The lowest BCUT2D eigenvalue weighted by Gasteiger charge is -2.07. The van der Waals surface area contributed by atoms with Crippen molar-refractivity contribution in [3.8, 4) is 5.75 Å². The number of hydrogen-bond donors (Lipinski definition) is 2. The first-order chi connectivity index (χ1) is 10.6. The second-order valence-corrected chi connectivity index (χ2v) is 4.38. The van der Waals surface area contributed by atoms with Gasteiger partial charge in [-0.3, -0.25) is 9.78 Å². The summed E-state index contributed by atoms with van der Waals surface area (Å²) in [5, 5.41) is 0. The van der Waals surface area contributed by atoms with Gasteiger partial charge in [-0.1, -0.05) is 24.3 Å². The predicted octanol–water partition coefficient (Wildman–Crippen LogP) is 1.43. The number of nitrogens with zero attached hydrogens (tertiary/aromatic N) is 2. The Bertz CT molecular complexity index is 720. The Morgan fingerprint density at radius 2 is 2.00 bits per heavy atom. The maximum Gasteiger partial charge on any atom is 0.280 e. The fourth-order valence-corrected chi connectivity index (χ4v) is 1.91. The van der Waals surface area contributed by atoms with Gasteiger partial charge in [0.15, 0.2) is 5.96 Å². The zero-order chi connectivity index (χ0) is 15.9. The lowest BCUT2D eigenvalue weighted by atomic mass is 10.0. The van der Waals surface area contributed by atoms with E-state index in [0.717, 1.165) is 5.56 Å². The average Bonchev–Trinajstić information content (AvgIpc) is 2.53. The summed E-state index contributed by atoms with van der Waals surface area (Å²) in [4.78, 5) is 19.9. The van der Waals surface area contributed by atoms with Gasteiger partial charge in [0.1, 0.15) is 5.75 Å². The van der Waals surface area contributed by atoms with Crippen molar-refractivity contribution in [1.29, 1.82) is 0 Å². The second-order valence-electron chi connectivity index (χ2n) is 4.38. The number of amides is 1. The largest absolute Gasteiger partial charge is 0.496 e. The van der Waals surface area contributed by atoms with E-state index in [0.29, 0.717) is 16.9 Å². The highest BCUT2D eigenvalue weighted by Gasteiger charge is 2.13. The minimum Gasteiger partial charge on any atom is -0.496 e. The standard InChI is InChI=1S/C16H16N4O2/c1-22-14-7-3-2-5-11(14)9-13(15(21)20-16(17)18)12-6-4-8-19-10-12/h2-10H,1H3,(H4,17,18,20,21)/b13-9+. The molecule has 22 heavy (non-hydrogen) atoms. The number of hydrogen-bond acceptors (Lipinski definition) is 3. The number of rotatable bonds is 4. The topological polar surface area (TPSA) is 104 Å². The Balaban J connectivity index is 2.56. The van der Waals surface area contributed by atoms with Crippen molar-refractivity contribution in [2.24, 2.45) is 16.5 Å². The third-order valence-corrected chi connectivity index (χ3v) is 2.87. The molecular formula is C16H16N4O2. The molecule has 0 fully saturated rings. The van der Waals surface area contributed by atoms with Gasteiger partial charge in [-0.2, -0.15) is 4.99 Å². The third kappa shape index (κ3) is 3.69. The number of ether oxygens (including phenoxy) is 1. The minimum absolute atomic E-state index is 0.292. The number of aromatic nitrogens is 1. The van der Waals surface area contributed by atoms with Crippen LogP contribution in [-0.2, 0) is 4.79 Å². The van der Waals surface area contributed by atoms with Crippen LogP contribution in [0.2, 0.25) is 0 Å². The number of aliphatic imine (C=N–C) groups is 1. The van der Waals surface area contributed by atoms with Crippen molar-refractivity contribution in [2.75, 3.05) is 7.11 Å². The van der Waals surface area contributed by atoms with Crippen LogP contribution in [0.1, 0.15) is 11.1 Å². The van der Waals surface area contributed by atoms with Crippen LogP contribution in [0, 0.1) is 0 Å². The molecule has 0 radical (unpaired) electrons. The number of carbonyl (C=O) groups excluding carboxylic acids is 1. The van der Waals surface area contributed by atoms with Crippen LogP contribution in [0.3, 0.4) is 0 Å². The van der Waals surface area contributed by atoms with Gasteiger partial charge in [-0.05, 0) is 18.2 Å². The Labute approximate surface area is 128 Å². The van der Waals surface area contributed by atoms with Crippen molar-refractivity contribution in [3.63, 3.8) is 0 Å². The Kier molecular flexibility index (Phi) is 4.87. The van der Waals surface area contributed by atoms with Crippen molar-refractivity contribution in [1.82, 2.24) is 4.98 Å². The number of benzene rings is 1. The summed E-state index contributed by atoms with van der Waals surface area (Å²) in [6, 6.07) is 10.8. The van der Waals surface area contributed by atoms with Crippen molar-refractivity contribution in [3.05, 3.63) is 59.9 Å². The molecule has 1 aromatic carbocycles. The molecule has 4 N–H and O–H groups in total. The minimum atomic E-state index is -0.543. The first kappa shape index (κ1) is 15.2. The fourth-order valence-electron chi connectivity index (χ4n) is 1.91. The molecule has 1 aromatic heterocycles. The van der Waals surface area contributed by atoms with E-state index in [1.165, 1.54) is 0 Å². The molecule has 2 aromatic rings. The molecule has 1 amide bonds. The molecule has 0 atom stereocenters. The molecule has 0 aliphatic rings. The second kappa shape index (κ2) is 7.03. The zero-order valence-electron chi connectivity index (χ0n) is 12.1. The number of guanidine groups is 1. The molecule has 112 valence electrons. The fraction of sp³-hybridized carbons (Fsp3) is 0.0625. The smallest absolute Gasteiger partial charge is 0.280 e. The van der Waals surface area contributed by atoms with Gasteiger partial charge < -0.3 is 16.2 Å². The van der Waals surface area contributed by atoms with E-state index >= 15 is 0 Å². The molecule has 0 unspecified atom stereocenters. The normalized spacial score (nSPS) is 10.9. The van der Waals surface area contributed by atoms with Gasteiger partial charge >= 0.3 is 0 Å². The van der Waals surface area contributed by atoms with Gasteiger partial charge in [0.2, 0.25) is 0 Å². The summed E-state index contributed by atoms with van der Waals surface area (Å²) in [6.45, 7) is 0. The van der Waals surface area contributed by atoms with Gasteiger partial charge in [0.25, 0.3) is 5.91 Å². The summed E-state index contributed by atoms with van der Waals surface area (Å²) < 4.78 is 5.29. The lowest BCUT2D eigenvalue weighted by molar-refractivity contribution is -0.112. The maximum absolute atomic E-state index is 12.3. The SMILES string of the molecule is COc1ccccc1/C=C(/C(=O)N=C(N)N)c1cccnc1. The number of nitrogens with two attached hydrogens (primary N) is 2. The first-order valence-electron chi connectivity index (χ1n) is 6.51. The van der Waals surface area contributed by atoms with Crippen LogP contribution in [-0.4, -0.2) is 24.0 Å². The third-order valence-electron chi connectivity index (χ3n) is 2.87. The Morgan fingerprint density at radius 1 is 1.23 bits per heavy atom. The molecule has 6 heteroatoms. The molecule has 0 bridgehead atoms. The molecule has 0 aliphatic heterocycles. The van der Waals surface area contributed by atoms with E-state index in [4.69, 9.17) is 16.2 Å². The number of pyridine rings is 1. The van der Waals surface area contributed by atoms with Crippen molar-refractivity contribution >= 4 is 23.5 Å². The summed E-state index contributed by atoms with van der Waals surface area (Å²) in [5.74, 6) is -0.194. The number of para-hydroxylation sites is 1. The van der Waals surface area contributed by atoms with E-state index in [9.17, 15) is 4.79 Å². The predicted molar refractivity (Wildman–Crippen MR) is 85.9 cm³/mol. The average molecular weight is 296 g/mol. The van der Waals surface area contributed by atoms with Gasteiger partial charge in [-0.15, -0.1) is 0 Å². The number of carbonyl (C=O) groups is 1. The quantitative estimate of drug-likeness (QED) is 0.504. The highest BCUT2D eigenvalue weighted by Crippen LogP contribution is 2.25. The number of methoxy groups -OCH3 is 1. The van der Waals surface area contributed by atoms with Crippen LogP contribution in [0.25, 0.3) is 11.6 Å². The monoisotopic (exact) mass is 296 g/mol.